The zero-order valence-corrected chi connectivity index (χ0v) is 11.3. The molecule has 0 N–H and O–H groups in total. The lowest BCUT2D eigenvalue weighted by molar-refractivity contribution is -0.134. The first-order valence-corrected chi connectivity index (χ1v) is 6.56. The van der Waals surface area contributed by atoms with E-state index in [0.717, 1.165) is 17.3 Å². The lowest BCUT2D eigenvalue weighted by Crippen LogP contribution is -2.33. The largest absolute Gasteiger partial charge is 0.491 e. The summed E-state index contributed by atoms with van der Waals surface area (Å²) in [6.45, 7) is 5.79. The van der Waals surface area contributed by atoms with Gasteiger partial charge in [0.15, 0.2) is 0 Å². The number of benzene rings is 1. The second-order valence-electron chi connectivity index (χ2n) is 5.37. The van der Waals surface area contributed by atoms with Gasteiger partial charge in [0, 0.05) is 0 Å². The molecule has 1 heterocycles. The smallest absolute Gasteiger partial charge is 0.404 e. The summed E-state index contributed by atoms with van der Waals surface area (Å²) in [5.74, 6) is 0.550. The van der Waals surface area contributed by atoms with Crippen molar-refractivity contribution in [3.05, 3.63) is 23.8 Å². The Morgan fingerprint density at radius 1 is 1.22 bits per heavy atom. The molecule has 1 aromatic carbocycles. The molecule has 1 atom stereocenters. The topological polar surface area (TPSA) is 9.23 Å². The summed E-state index contributed by atoms with van der Waals surface area (Å²) in [4.78, 5) is 0.580. The molecular formula is C13H15F3OS. The molecule has 2 rings (SSSR count). The molecule has 0 aromatic heterocycles. The summed E-state index contributed by atoms with van der Waals surface area (Å²) in [5.41, 5.74) is 0.931. The highest BCUT2D eigenvalue weighted by atomic mass is 32.2. The average Bonchev–Trinajstić information content (AvgIpc) is 2.25. The van der Waals surface area contributed by atoms with E-state index in [0.29, 0.717) is 10.6 Å². The van der Waals surface area contributed by atoms with Crippen LogP contribution in [0.3, 0.4) is 0 Å². The van der Waals surface area contributed by atoms with E-state index in [4.69, 9.17) is 4.74 Å². The normalized spacial score (nSPS) is 20.2. The Bertz CT molecular complexity index is 449. The van der Waals surface area contributed by atoms with Crippen molar-refractivity contribution < 1.29 is 17.9 Å². The summed E-state index contributed by atoms with van der Waals surface area (Å²) >= 11 is 0.844. The van der Waals surface area contributed by atoms with Crippen LogP contribution in [0.5, 0.6) is 5.75 Å². The van der Waals surface area contributed by atoms with Crippen LogP contribution >= 0.6 is 11.8 Å². The van der Waals surface area contributed by atoms with E-state index in [1.807, 2.05) is 26.8 Å². The van der Waals surface area contributed by atoms with Gasteiger partial charge in [0.2, 0.25) is 0 Å². The maximum absolute atomic E-state index is 12.7. The molecule has 0 fully saturated rings. The third kappa shape index (κ3) is 2.76. The third-order valence-corrected chi connectivity index (χ3v) is 4.10. The number of fused-ring (bicyclic) bond motifs is 1. The molecule has 0 saturated carbocycles. The fraction of sp³-hybridized carbons (Fsp3) is 0.538. The van der Waals surface area contributed by atoms with Gasteiger partial charge in [-0.05, 0) is 23.1 Å². The monoisotopic (exact) mass is 276 g/mol. The molecule has 0 radical (unpaired) electrons. The van der Waals surface area contributed by atoms with Crippen LogP contribution in [-0.2, 0) is 5.41 Å². The Labute approximate surface area is 109 Å². The summed E-state index contributed by atoms with van der Waals surface area (Å²) < 4.78 is 43.2. The zero-order valence-electron chi connectivity index (χ0n) is 10.5. The molecule has 0 unspecified atom stereocenters. The SMILES string of the molecule is CC(C)(C)c1ccc2c(c1)S[C@H](C(F)(F)F)CO2. The van der Waals surface area contributed by atoms with Crippen LogP contribution < -0.4 is 4.74 Å². The van der Waals surface area contributed by atoms with E-state index in [-0.39, 0.29) is 12.0 Å². The fourth-order valence-corrected chi connectivity index (χ4v) is 2.71. The van der Waals surface area contributed by atoms with Crippen molar-refractivity contribution in [2.24, 2.45) is 0 Å². The summed E-state index contributed by atoms with van der Waals surface area (Å²) in [5, 5.41) is -1.47. The van der Waals surface area contributed by atoms with Crippen LogP contribution in [0, 0.1) is 0 Å². The number of halogens is 3. The maximum Gasteiger partial charge on any atom is 0.404 e. The molecule has 1 aromatic rings. The van der Waals surface area contributed by atoms with Gasteiger partial charge in [-0.1, -0.05) is 26.8 Å². The molecule has 100 valence electrons. The first kappa shape index (κ1) is 13.6. The Morgan fingerprint density at radius 2 is 1.89 bits per heavy atom. The third-order valence-electron chi connectivity index (χ3n) is 2.83. The second-order valence-corrected chi connectivity index (χ2v) is 6.62. The molecule has 0 bridgehead atoms. The molecule has 1 aliphatic heterocycles. The molecule has 18 heavy (non-hydrogen) atoms. The first-order valence-electron chi connectivity index (χ1n) is 5.68. The van der Waals surface area contributed by atoms with E-state index in [1.165, 1.54) is 0 Å². The van der Waals surface area contributed by atoms with E-state index >= 15 is 0 Å². The Balaban J connectivity index is 2.31. The first-order chi connectivity index (χ1) is 8.18. The van der Waals surface area contributed by atoms with Crippen molar-refractivity contribution in [3.63, 3.8) is 0 Å². The molecule has 5 heteroatoms. The van der Waals surface area contributed by atoms with Crippen molar-refractivity contribution in [1.29, 1.82) is 0 Å². The molecule has 0 aliphatic carbocycles. The molecule has 0 spiro atoms. The minimum absolute atomic E-state index is 0.0826. The molecule has 1 aliphatic rings. The maximum atomic E-state index is 12.7. The quantitative estimate of drug-likeness (QED) is 0.694. The van der Waals surface area contributed by atoms with E-state index < -0.39 is 11.4 Å². The van der Waals surface area contributed by atoms with Crippen molar-refractivity contribution in [1.82, 2.24) is 0 Å². The fourth-order valence-electron chi connectivity index (χ4n) is 1.70. The van der Waals surface area contributed by atoms with E-state index in [1.54, 1.807) is 12.1 Å². The van der Waals surface area contributed by atoms with Crippen LogP contribution in [0.15, 0.2) is 23.1 Å². The van der Waals surface area contributed by atoms with Crippen molar-refractivity contribution >= 4 is 11.8 Å². The van der Waals surface area contributed by atoms with Gasteiger partial charge < -0.3 is 4.74 Å². The van der Waals surface area contributed by atoms with Gasteiger partial charge in [0.1, 0.15) is 17.6 Å². The molecule has 0 amide bonds. The number of rotatable bonds is 0. The summed E-state index contributed by atoms with van der Waals surface area (Å²) in [7, 11) is 0. The molecule has 1 nitrogen and oxygen atoms in total. The van der Waals surface area contributed by atoms with Gasteiger partial charge in [-0.25, -0.2) is 0 Å². The molecular weight excluding hydrogens is 261 g/mol. The second kappa shape index (κ2) is 4.37. The Kier molecular flexibility index (Phi) is 3.30. The zero-order chi connectivity index (χ0) is 13.6. The predicted molar refractivity (Wildman–Crippen MR) is 66.3 cm³/mol. The number of ether oxygens (including phenoxy) is 1. The highest BCUT2D eigenvalue weighted by Crippen LogP contribution is 2.44. The van der Waals surface area contributed by atoms with Gasteiger partial charge in [-0.15, -0.1) is 11.8 Å². The number of hydrogen-bond acceptors (Lipinski definition) is 2. The van der Waals surface area contributed by atoms with E-state index in [9.17, 15) is 13.2 Å². The highest BCUT2D eigenvalue weighted by molar-refractivity contribution is 8.00. The summed E-state index contributed by atoms with van der Waals surface area (Å²) in [6.07, 6.45) is -4.22. The van der Waals surface area contributed by atoms with Crippen molar-refractivity contribution in [2.75, 3.05) is 6.61 Å². The van der Waals surface area contributed by atoms with Gasteiger partial charge in [0.05, 0.1) is 4.90 Å². The standard InChI is InChI=1S/C13H15F3OS/c1-12(2,3)8-4-5-9-10(6-8)18-11(7-17-9)13(14,15)16/h4-6,11H,7H2,1-3H3/t11-/m0/s1. The van der Waals surface area contributed by atoms with Gasteiger partial charge in [-0.3, -0.25) is 0 Å². The average molecular weight is 276 g/mol. The van der Waals surface area contributed by atoms with Crippen LogP contribution in [0.25, 0.3) is 0 Å². The lowest BCUT2D eigenvalue weighted by atomic mass is 9.87. The van der Waals surface area contributed by atoms with Gasteiger partial charge >= 0.3 is 6.18 Å². The highest BCUT2D eigenvalue weighted by Gasteiger charge is 2.43. The van der Waals surface area contributed by atoms with Crippen LogP contribution in [0.2, 0.25) is 0 Å². The predicted octanol–water partition coefficient (Wildman–Crippen LogP) is 4.40. The lowest BCUT2D eigenvalue weighted by Gasteiger charge is -2.28. The van der Waals surface area contributed by atoms with Gasteiger partial charge in [0.25, 0.3) is 0 Å². The van der Waals surface area contributed by atoms with E-state index in [2.05, 4.69) is 0 Å². The van der Waals surface area contributed by atoms with Gasteiger partial charge in [-0.2, -0.15) is 13.2 Å². The van der Waals surface area contributed by atoms with Crippen molar-refractivity contribution in [2.45, 2.75) is 42.5 Å². The van der Waals surface area contributed by atoms with Crippen molar-refractivity contribution in [3.8, 4) is 5.75 Å². The molecule has 0 saturated heterocycles. The number of alkyl halides is 3. The Morgan fingerprint density at radius 3 is 2.44 bits per heavy atom. The Hall–Kier alpha value is -0.840. The van der Waals surface area contributed by atoms with Crippen LogP contribution in [0.1, 0.15) is 26.3 Å². The summed E-state index contributed by atoms with van der Waals surface area (Å²) in [6, 6.07) is 5.47. The minimum atomic E-state index is -4.22. The van der Waals surface area contributed by atoms with Crippen LogP contribution in [0.4, 0.5) is 13.2 Å². The minimum Gasteiger partial charge on any atom is -0.491 e. The van der Waals surface area contributed by atoms with Crippen LogP contribution in [-0.4, -0.2) is 18.0 Å². The number of hydrogen-bond donors (Lipinski definition) is 0. The number of thioether (sulfide) groups is 1.